The summed E-state index contributed by atoms with van der Waals surface area (Å²) in [5.41, 5.74) is 0.405. The number of hydrogen-bond donors (Lipinski definition) is 3. The minimum absolute atomic E-state index is 0.131. The van der Waals surface area contributed by atoms with Crippen molar-refractivity contribution in [1.29, 1.82) is 0 Å². The number of aliphatic hydroxyl groups excluding tert-OH is 2. The van der Waals surface area contributed by atoms with E-state index >= 15 is 0 Å². The Morgan fingerprint density at radius 2 is 1.81 bits per heavy atom. The zero-order valence-corrected chi connectivity index (χ0v) is 14.5. The zero-order valence-electron chi connectivity index (χ0n) is 14.5. The van der Waals surface area contributed by atoms with E-state index in [0.717, 1.165) is 19.0 Å². The predicted molar refractivity (Wildman–Crippen MR) is 88.4 cm³/mol. The quantitative estimate of drug-likeness (QED) is 0.640. The molecule has 0 aromatic rings. The molecule has 0 amide bonds. The first-order chi connectivity index (χ1) is 9.80. The molecular formula is C17H36N2O2. The Morgan fingerprint density at radius 3 is 2.29 bits per heavy atom. The summed E-state index contributed by atoms with van der Waals surface area (Å²) in [6, 6.07) is 0. The number of hydrogen-bond acceptors (Lipinski definition) is 4. The van der Waals surface area contributed by atoms with Gasteiger partial charge in [0.2, 0.25) is 0 Å². The number of nitrogens with zero attached hydrogens (tertiary/aromatic N) is 1. The summed E-state index contributed by atoms with van der Waals surface area (Å²) >= 11 is 0. The monoisotopic (exact) mass is 300 g/mol. The Morgan fingerprint density at radius 1 is 1.19 bits per heavy atom. The average Bonchev–Trinajstić information content (AvgIpc) is 2.36. The Hall–Kier alpha value is -0.160. The van der Waals surface area contributed by atoms with Gasteiger partial charge in [-0.3, -0.25) is 4.90 Å². The molecule has 1 aliphatic rings. The van der Waals surface area contributed by atoms with Crippen molar-refractivity contribution in [2.45, 2.75) is 58.9 Å². The molecule has 0 radical (unpaired) electrons. The van der Waals surface area contributed by atoms with E-state index in [4.69, 9.17) is 0 Å². The van der Waals surface area contributed by atoms with Crippen LogP contribution < -0.4 is 5.32 Å². The standard InChI is InChI=1S/C17H36N2O2/c1-15-6-5-7-17(12-15,13-18-16(2,3)4)14-19(8-10-20)9-11-21/h15,18,20-21H,5-14H2,1-4H3. The molecule has 4 heteroatoms. The van der Waals surface area contributed by atoms with Gasteiger partial charge in [0.1, 0.15) is 0 Å². The molecule has 2 atom stereocenters. The fourth-order valence-corrected chi connectivity index (χ4v) is 3.61. The minimum Gasteiger partial charge on any atom is -0.395 e. The maximum Gasteiger partial charge on any atom is 0.0558 e. The van der Waals surface area contributed by atoms with Crippen LogP contribution >= 0.6 is 0 Å². The van der Waals surface area contributed by atoms with Crippen LogP contribution in [-0.2, 0) is 0 Å². The maximum absolute atomic E-state index is 9.25. The highest BCUT2D eigenvalue weighted by atomic mass is 16.3. The molecule has 126 valence electrons. The molecule has 2 unspecified atom stereocenters. The molecule has 0 heterocycles. The van der Waals surface area contributed by atoms with E-state index in [1.807, 2.05) is 0 Å². The fraction of sp³-hybridized carbons (Fsp3) is 1.00. The van der Waals surface area contributed by atoms with E-state index in [1.54, 1.807) is 0 Å². The lowest BCUT2D eigenvalue weighted by atomic mass is 9.69. The lowest BCUT2D eigenvalue weighted by Crippen LogP contribution is -2.51. The normalized spacial score (nSPS) is 27.3. The summed E-state index contributed by atoms with van der Waals surface area (Å²) < 4.78 is 0. The van der Waals surface area contributed by atoms with Gasteiger partial charge in [-0.25, -0.2) is 0 Å². The van der Waals surface area contributed by atoms with E-state index in [0.29, 0.717) is 13.1 Å². The van der Waals surface area contributed by atoms with Gasteiger partial charge in [-0.05, 0) is 44.9 Å². The third kappa shape index (κ3) is 7.09. The van der Waals surface area contributed by atoms with Crippen molar-refractivity contribution < 1.29 is 10.2 Å². The van der Waals surface area contributed by atoms with Crippen LogP contribution in [0.15, 0.2) is 0 Å². The molecule has 0 bridgehead atoms. The highest BCUT2D eigenvalue weighted by Crippen LogP contribution is 2.40. The first-order valence-corrected chi connectivity index (χ1v) is 8.49. The number of rotatable bonds is 8. The molecule has 0 aromatic heterocycles. The second-order valence-corrected chi connectivity index (χ2v) is 8.03. The maximum atomic E-state index is 9.25. The molecule has 3 N–H and O–H groups in total. The first kappa shape index (κ1) is 18.9. The fourth-order valence-electron chi connectivity index (χ4n) is 3.61. The lowest BCUT2D eigenvalue weighted by molar-refractivity contribution is 0.0563. The molecule has 0 aromatic carbocycles. The van der Waals surface area contributed by atoms with Crippen molar-refractivity contribution in [3.8, 4) is 0 Å². The average molecular weight is 300 g/mol. The SMILES string of the molecule is CC1CCCC(CNC(C)(C)C)(CN(CCO)CCO)C1. The van der Waals surface area contributed by atoms with Gasteiger partial charge in [0.15, 0.2) is 0 Å². The Kier molecular flexibility index (Phi) is 7.62. The van der Waals surface area contributed by atoms with E-state index in [-0.39, 0.29) is 24.2 Å². The molecule has 1 rings (SSSR count). The summed E-state index contributed by atoms with van der Waals surface area (Å²) in [5, 5.41) is 22.2. The van der Waals surface area contributed by atoms with Crippen LogP contribution in [0.25, 0.3) is 0 Å². The predicted octanol–water partition coefficient (Wildman–Crippen LogP) is 1.86. The van der Waals surface area contributed by atoms with Gasteiger partial charge in [0.05, 0.1) is 13.2 Å². The van der Waals surface area contributed by atoms with Gasteiger partial charge >= 0.3 is 0 Å². The van der Waals surface area contributed by atoms with E-state index < -0.39 is 0 Å². The summed E-state index contributed by atoms with van der Waals surface area (Å²) in [6.07, 6.45) is 5.10. The van der Waals surface area contributed by atoms with Crippen LogP contribution in [0, 0.1) is 11.3 Å². The van der Waals surface area contributed by atoms with Gasteiger partial charge in [-0.15, -0.1) is 0 Å². The second-order valence-electron chi connectivity index (χ2n) is 8.03. The number of nitrogens with one attached hydrogen (secondary N) is 1. The highest BCUT2D eigenvalue weighted by molar-refractivity contribution is 4.91. The Labute approximate surface area is 130 Å². The van der Waals surface area contributed by atoms with Crippen LogP contribution in [0.3, 0.4) is 0 Å². The van der Waals surface area contributed by atoms with E-state index in [2.05, 4.69) is 37.9 Å². The molecule has 4 nitrogen and oxygen atoms in total. The Bertz CT molecular complexity index is 285. The van der Waals surface area contributed by atoms with E-state index in [9.17, 15) is 10.2 Å². The third-order valence-electron chi connectivity index (χ3n) is 4.57. The molecule has 0 aliphatic heterocycles. The Balaban J connectivity index is 2.74. The molecule has 0 spiro atoms. The molecule has 1 fully saturated rings. The summed E-state index contributed by atoms with van der Waals surface area (Å²) in [4.78, 5) is 2.22. The highest BCUT2D eigenvalue weighted by Gasteiger charge is 2.37. The van der Waals surface area contributed by atoms with Crippen molar-refractivity contribution in [3.05, 3.63) is 0 Å². The van der Waals surface area contributed by atoms with Gasteiger partial charge in [0, 0.05) is 31.7 Å². The topological polar surface area (TPSA) is 55.7 Å². The minimum atomic E-state index is 0.131. The van der Waals surface area contributed by atoms with E-state index in [1.165, 1.54) is 25.7 Å². The smallest absolute Gasteiger partial charge is 0.0558 e. The molecule has 1 saturated carbocycles. The number of aliphatic hydroxyl groups is 2. The van der Waals surface area contributed by atoms with Crippen LogP contribution in [0.2, 0.25) is 0 Å². The summed E-state index contributed by atoms with van der Waals surface area (Å²) in [5.74, 6) is 0.769. The van der Waals surface area contributed by atoms with Crippen LogP contribution in [0.1, 0.15) is 53.4 Å². The van der Waals surface area contributed by atoms with Crippen molar-refractivity contribution in [1.82, 2.24) is 10.2 Å². The zero-order chi connectivity index (χ0) is 15.9. The lowest BCUT2D eigenvalue weighted by Gasteiger charge is -2.45. The van der Waals surface area contributed by atoms with Crippen LogP contribution in [0.4, 0.5) is 0 Å². The molecule has 0 saturated heterocycles. The third-order valence-corrected chi connectivity index (χ3v) is 4.57. The first-order valence-electron chi connectivity index (χ1n) is 8.49. The molecule has 21 heavy (non-hydrogen) atoms. The second kappa shape index (κ2) is 8.47. The van der Waals surface area contributed by atoms with Gasteiger partial charge in [-0.1, -0.05) is 19.8 Å². The van der Waals surface area contributed by atoms with Crippen molar-refractivity contribution in [2.75, 3.05) is 39.4 Å². The summed E-state index contributed by atoms with van der Waals surface area (Å²) in [6.45, 7) is 12.6. The van der Waals surface area contributed by atoms with Gasteiger partial charge in [-0.2, -0.15) is 0 Å². The van der Waals surface area contributed by atoms with Crippen LogP contribution in [-0.4, -0.2) is 60.0 Å². The molecule has 1 aliphatic carbocycles. The van der Waals surface area contributed by atoms with Gasteiger partial charge in [0.25, 0.3) is 0 Å². The van der Waals surface area contributed by atoms with Crippen molar-refractivity contribution in [2.24, 2.45) is 11.3 Å². The largest absolute Gasteiger partial charge is 0.395 e. The van der Waals surface area contributed by atoms with Gasteiger partial charge < -0.3 is 15.5 Å². The van der Waals surface area contributed by atoms with Crippen molar-refractivity contribution >= 4 is 0 Å². The van der Waals surface area contributed by atoms with Crippen LogP contribution in [0.5, 0.6) is 0 Å². The van der Waals surface area contributed by atoms with Crippen molar-refractivity contribution in [3.63, 3.8) is 0 Å². The summed E-state index contributed by atoms with van der Waals surface area (Å²) in [7, 11) is 0. The molecular weight excluding hydrogens is 264 g/mol.